The Morgan fingerprint density at radius 3 is 2.76 bits per heavy atom. The molecule has 1 unspecified atom stereocenters. The van der Waals surface area contributed by atoms with Crippen molar-refractivity contribution in [3.63, 3.8) is 0 Å². The van der Waals surface area contributed by atoms with E-state index in [1.165, 1.54) is 0 Å². The van der Waals surface area contributed by atoms with E-state index in [1.807, 2.05) is 11.0 Å². The quantitative estimate of drug-likeness (QED) is 0.859. The first-order valence-corrected chi connectivity index (χ1v) is 8.20. The number of imide groups is 1. The van der Waals surface area contributed by atoms with Crippen LogP contribution in [0.3, 0.4) is 0 Å². The second kappa shape index (κ2) is 5.40. The molecule has 8 nitrogen and oxygen atoms in total. The van der Waals surface area contributed by atoms with E-state index >= 15 is 0 Å². The van der Waals surface area contributed by atoms with Gasteiger partial charge in [0.25, 0.3) is 0 Å². The highest BCUT2D eigenvalue weighted by Crippen LogP contribution is 2.36. The largest absolute Gasteiger partial charge is 0.367 e. The maximum atomic E-state index is 14.1. The van der Waals surface area contributed by atoms with Gasteiger partial charge in [-0.2, -0.15) is 5.10 Å². The fraction of sp³-hybridized carbons (Fsp3) is 0.500. The number of imidazole rings is 1. The third-order valence-electron chi connectivity index (χ3n) is 4.93. The molecule has 4 rings (SSSR count). The first-order chi connectivity index (χ1) is 11.8. The molecule has 0 bridgehead atoms. The van der Waals surface area contributed by atoms with E-state index in [0.29, 0.717) is 24.4 Å². The number of hydrogen-bond donors (Lipinski definition) is 2. The van der Waals surface area contributed by atoms with Crippen molar-refractivity contribution in [2.75, 3.05) is 24.5 Å². The third kappa shape index (κ3) is 2.69. The van der Waals surface area contributed by atoms with Gasteiger partial charge in [0.1, 0.15) is 5.67 Å². The summed E-state index contributed by atoms with van der Waals surface area (Å²) in [5.41, 5.74) is 0.797. The van der Waals surface area contributed by atoms with Crippen LogP contribution in [-0.4, -0.2) is 51.8 Å². The Labute approximate surface area is 143 Å². The lowest BCUT2D eigenvalue weighted by Gasteiger charge is -2.45. The van der Waals surface area contributed by atoms with Crippen LogP contribution in [0.15, 0.2) is 18.5 Å². The highest BCUT2D eigenvalue weighted by atomic mass is 19.1. The minimum Gasteiger partial charge on any atom is -0.367 e. The SMILES string of the molecule is CC(C)(F)C1CN(c2cc(C3CNC(=O)NC3=O)nn3ccnc23)C1. The Kier molecular flexibility index (Phi) is 3.41. The monoisotopic (exact) mass is 346 g/mol. The van der Waals surface area contributed by atoms with Crippen LogP contribution in [0, 0.1) is 5.92 Å². The maximum absolute atomic E-state index is 14.1. The predicted molar refractivity (Wildman–Crippen MR) is 88.2 cm³/mol. The van der Waals surface area contributed by atoms with Crippen molar-refractivity contribution in [1.82, 2.24) is 25.2 Å². The molecule has 2 aliphatic rings. The molecule has 132 valence electrons. The number of urea groups is 1. The molecule has 0 saturated carbocycles. The summed E-state index contributed by atoms with van der Waals surface area (Å²) in [6.45, 7) is 4.55. The Morgan fingerprint density at radius 2 is 2.08 bits per heavy atom. The summed E-state index contributed by atoms with van der Waals surface area (Å²) in [7, 11) is 0. The number of anilines is 1. The molecule has 4 heterocycles. The second-order valence-electron chi connectivity index (χ2n) is 7.07. The summed E-state index contributed by atoms with van der Waals surface area (Å²) < 4.78 is 15.7. The van der Waals surface area contributed by atoms with Crippen molar-refractivity contribution < 1.29 is 14.0 Å². The summed E-state index contributed by atoms with van der Waals surface area (Å²) in [6, 6.07) is 1.31. The molecule has 0 radical (unpaired) electrons. The minimum atomic E-state index is -1.23. The number of nitrogens with zero attached hydrogens (tertiary/aromatic N) is 4. The lowest BCUT2D eigenvalue weighted by atomic mass is 9.85. The summed E-state index contributed by atoms with van der Waals surface area (Å²) in [5, 5.41) is 9.31. The number of fused-ring (bicyclic) bond motifs is 1. The van der Waals surface area contributed by atoms with Crippen LogP contribution >= 0.6 is 0 Å². The van der Waals surface area contributed by atoms with Gasteiger partial charge in [-0.25, -0.2) is 18.7 Å². The average Bonchev–Trinajstić information content (AvgIpc) is 2.92. The number of aromatic nitrogens is 3. The molecule has 2 aliphatic heterocycles. The van der Waals surface area contributed by atoms with Crippen molar-refractivity contribution in [1.29, 1.82) is 0 Å². The molecule has 2 N–H and O–H groups in total. The summed E-state index contributed by atoms with van der Waals surface area (Å²) in [6.07, 6.45) is 3.34. The molecule has 2 aromatic rings. The Hall–Kier alpha value is -2.71. The molecule has 0 aromatic carbocycles. The van der Waals surface area contributed by atoms with Gasteiger partial charge in [0.15, 0.2) is 5.65 Å². The summed E-state index contributed by atoms with van der Waals surface area (Å²) >= 11 is 0. The van der Waals surface area contributed by atoms with Crippen molar-refractivity contribution in [3.8, 4) is 0 Å². The highest BCUT2D eigenvalue weighted by Gasteiger charge is 2.40. The van der Waals surface area contributed by atoms with Gasteiger partial charge in [-0.3, -0.25) is 10.1 Å². The van der Waals surface area contributed by atoms with Crippen molar-refractivity contribution >= 4 is 23.3 Å². The van der Waals surface area contributed by atoms with Crippen LogP contribution < -0.4 is 15.5 Å². The van der Waals surface area contributed by atoms with E-state index in [9.17, 15) is 14.0 Å². The molecule has 2 fully saturated rings. The highest BCUT2D eigenvalue weighted by molar-refractivity contribution is 6.00. The Bertz CT molecular complexity index is 852. The third-order valence-corrected chi connectivity index (χ3v) is 4.93. The molecule has 9 heteroatoms. The fourth-order valence-corrected chi connectivity index (χ4v) is 3.20. The van der Waals surface area contributed by atoms with Gasteiger partial charge in [0.05, 0.1) is 17.3 Å². The van der Waals surface area contributed by atoms with Gasteiger partial charge in [0.2, 0.25) is 5.91 Å². The van der Waals surface area contributed by atoms with E-state index in [1.54, 1.807) is 30.8 Å². The molecule has 2 aromatic heterocycles. The molecular weight excluding hydrogens is 327 g/mol. The molecular formula is C16H19FN6O2. The van der Waals surface area contributed by atoms with E-state index in [0.717, 1.165) is 5.69 Å². The smallest absolute Gasteiger partial charge is 0.321 e. The number of carbonyl (C=O) groups excluding carboxylic acids is 2. The Balaban J connectivity index is 1.67. The van der Waals surface area contributed by atoms with Gasteiger partial charge < -0.3 is 10.2 Å². The van der Waals surface area contributed by atoms with E-state index in [-0.39, 0.29) is 18.4 Å². The number of carbonyl (C=O) groups is 2. The number of alkyl halides is 1. The van der Waals surface area contributed by atoms with Crippen LogP contribution in [0.25, 0.3) is 5.65 Å². The predicted octanol–water partition coefficient (Wildman–Crippen LogP) is 0.837. The summed E-state index contributed by atoms with van der Waals surface area (Å²) in [4.78, 5) is 29.7. The van der Waals surface area contributed by atoms with Crippen molar-refractivity contribution in [2.24, 2.45) is 5.92 Å². The van der Waals surface area contributed by atoms with Gasteiger partial charge in [0, 0.05) is 37.9 Å². The van der Waals surface area contributed by atoms with Crippen LogP contribution in [-0.2, 0) is 4.79 Å². The van der Waals surface area contributed by atoms with Crippen LogP contribution in [0.4, 0.5) is 14.9 Å². The topological polar surface area (TPSA) is 91.6 Å². The molecule has 2 saturated heterocycles. The number of rotatable bonds is 3. The lowest BCUT2D eigenvalue weighted by molar-refractivity contribution is -0.122. The fourth-order valence-electron chi connectivity index (χ4n) is 3.20. The Morgan fingerprint density at radius 1 is 1.32 bits per heavy atom. The van der Waals surface area contributed by atoms with Crippen LogP contribution in [0.1, 0.15) is 25.5 Å². The molecule has 1 atom stereocenters. The van der Waals surface area contributed by atoms with Crippen LogP contribution in [0.2, 0.25) is 0 Å². The van der Waals surface area contributed by atoms with Gasteiger partial charge >= 0.3 is 6.03 Å². The van der Waals surface area contributed by atoms with E-state index < -0.39 is 17.6 Å². The molecule has 0 spiro atoms. The molecule has 0 aliphatic carbocycles. The van der Waals surface area contributed by atoms with Crippen molar-refractivity contribution in [3.05, 3.63) is 24.2 Å². The maximum Gasteiger partial charge on any atom is 0.321 e. The number of nitrogens with one attached hydrogen (secondary N) is 2. The van der Waals surface area contributed by atoms with E-state index in [4.69, 9.17) is 0 Å². The number of hydrogen-bond acceptors (Lipinski definition) is 5. The van der Waals surface area contributed by atoms with Crippen LogP contribution in [0.5, 0.6) is 0 Å². The zero-order chi connectivity index (χ0) is 17.8. The van der Waals surface area contributed by atoms with Gasteiger partial charge in [-0.05, 0) is 19.9 Å². The average molecular weight is 346 g/mol. The molecule has 25 heavy (non-hydrogen) atoms. The minimum absolute atomic E-state index is 0.0450. The zero-order valence-electron chi connectivity index (χ0n) is 14.0. The summed E-state index contributed by atoms with van der Waals surface area (Å²) in [5.74, 6) is -0.998. The number of amides is 3. The first kappa shape index (κ1) is 15.8. The van der Waals surface area contributed by atoms with Gasteiger partial charge in [-0.1, -0.05) is 0 Å². The van der Waals surface area contributed by atoms with Gasteiger partial charge in [-0.15, -0.1) is 0 Å². The standard InChI is InChI=1S/C16H19FN6O2/c1-16(2,17)9-7-22(8-9)12-5-11(21-23-4-3-18-13(12)23)10-6-19-15(25)20-14(10)24/h3-5,9-10H,6-8H2,1-2H3,(H2,19,20,24,25). The van der Waals surface area contributed by atoms with Crippen molar-refractivity contribution in [2.45, 2.75) is 25.4 Å². The second-order valence-corrected chi connectivity index (χ2v) is 7.07. The number of halogens is 1. The molecule has 3 amide bonds. The van der Waals surface area contributed by atoms with E-state index in [2.05, 4.69) is 20.7 Å². The first-order valence-electron chi connectivity index (χ1n) is 8.20. The normalized spacial score (nSPS) is 21.9. The zero-order valence-corrected chi connectivity index (χ0v) is 14.0. The lowest BCUT2D eigenvalue weighted by Crippen LogP contribution is -2.54.